The number of nitrogens with one attached hydrogen (secondary N) is 2. The fourth-order valence-corrected chi connectivity index (χ4v) is 2.62. The molecule has 1 fully saturated rings. The van der Waals surface area contributed by atoms with Crippen LogP contribution in [0.5, 0.6) is 0 Å². The Morgan fingerprint density at radius 2 is 2.56 bits per heavy atom. The fourth-order valence-electron chi connectivity index (χ4n) is 1.71. The standard InChI is InChI=1S/C11H18N4O2S/c1-17-5-3-12-6-9-7-14-11(18-9)15-4-2-13-10(16)8-15/h7,12H,2-6,8H2,1H3,(H,13,16). The lowest BCUT2D eigenvalue weighted by Crippen LogP contribution is -2.47. The highest BCUT2D eigenvalue weighted by atomic mass is 32.1. The molecule has 18 heavy (non-hydrogen) atoms. The number of amides is 1. The SMILES string of the molecule is COCCNCc1cnc(N2CCNC(=O)C2)s1. The molecule has 2 heterocycles. The minimum absolute atomic E-state index is 0.0659. The Bertz CT molecular complexity index is 396. The summed E-state index contributed by atoms with van der Waals surface area (Å²) in [5, 5.41) is 7.01. The van der Waals surface area contributed by atoms with Crippen molar-refractivity contribution in [2.24, 2.45) is 0 Å². The molecule has 1 aromatic heterocycles. The number of anilines is 1. The summed E-state index contributed by atoms with van der Waals surface area (Å²) in [6.07, 6.45) is 1.87. The van der Waals surface area contributed by atoms with E-state index in [1.54, 1.807) is 18.4 Å². The average molecular weight is 270 g/mol. The van der Waals surface area contributed by atoms with Gasteiger partial charge in [-0.25, -0.2) is 4.98 Å². The summed E-state index contributed by atoms with van der Waals surface area (Å²) in [5.74, 6) is 0.0659. The second-order valence-corrected chi connectivity index (χ2v) is 5.14. The smallest absolute Gasteiger partial charge is 0.239 e. The molecule has 0 saturated carbocycles. The number of nitrogens with zero attached hydrogens (tertiary/aromatic N) is 2. The van der Waals surface area contributed by atoms with E-state index >= 15 is 0 Å². The molecule has 0 aliphatic carbocycles. The number of carbonyl (C=O) groups excluding carboxylic acids is 1. The second-order valence-electron chi connectivity index (χ2n) is 4.05. The van der Waals surface area contributed by atoms with Crippen molar-refractivity contribution >= 4 is 22.4 Å². The van der Waals surface area contributed by atoms with E-state index in [9.17, 15) is 4.79 Å². The highest BCUT2D eigenvalue weighted by molar-refractivity contribution is 7.15. The number of rotatable bonds is 6. The Kier molecular flexibility index (Phi) is 4.91. The van der Waals surface area contributed by atoms with E-state index in [2.05, 4.69) is 15.6 Å². The molecular formula is C11H18N4O2S. The first-order chi connectivity index (χ1) is 8.79. The van der Waals surface area contributed by atoms with Crippen LogP contribution in [0.1, 0.15) is 4.88 Å². The van der Waals surface area contributed by atoms with Gasteiger partial charge in [-0.3, -0.25) is 4.79 Å². The lowest BCUT2D eigenvalue weighted by Gasteiger charge is -2.25. The van der Waals surface area contributed by atoms with Gasteiger partial charge in [0.15, 0.2) is 5.13 Å². The van der Waals surface area contributed by atoms with E-state index in [-0.39, 0.29) is 5.91 Å². The Morgan fingerprint density at radius 1 is 1.67 bits per heavy atom. The van der Waals surface area contributed by atoms with Gasteiger partial charge in [0.25, 0.3) is 0 Å². The number of thiazole rings is 1. The van der Waals surface area contributed by atoms with Crippen LogP contribution in [-0.4, -0.2) is 50.8 Å². The van der Waals surface area contributed by atoms with Crippen molar-refractivity contribution in [3.63, 3.8) is 0 Å². The Labute approximate surface area is 110 Å². The fraction of sp³-hybridized carbons (Fsp3) is 0.636. The first-order valence-corrected chi connectivity index (χ1v) is 6.77. The highest BCUT2D eigenvalue weighted by Crippen LogP contribution is 2.22. The molecule has 0 unspecified atom stereocenters. The molecule has 1 aliphatic rings. The van der Waals surface area contributed by atoms with Gasteiger partial charge in [0.1, 0.15) is 0 Å². The number of carbonyl (C=O) groups is 1. The molecule has 0 atom stereocenters. The Morgan fingerprint density at radius 3 is 3.33 bits per heavy atom. The molecule has 1 saturated heterocycles. The zero-order valence-electron chi connectivity index (χ0n) is 10.4. The van der Waals surface area contributed by atoms with E-state index in [1.807, 2.05) is 11.1 Å². The third-order valence-electron chi connectivity index (χ3n) is 2.63. The molecule has 7 heteroatoms. The van der Waals surface area contributed by atoms with E-state index in [4.69, 9.17) is 4.74 Å². The van der Waals surface area contributed by atoms with Crippen LogP contribution in [0.4, 0.5) is 5.13 Å². The van der Waals surface area contributed by atoms with Gasteiger partial charge < -0.3 is 20.3 Å². The van der Waals surface area contributed by atoms with Gasteiger partial charge in [0, 0.05) is 44.4 Å². The molecule has 6 nitrogen and oxygen atoms in total. The molecule has 1 aromatic rings. The summed E-state index contributed by atoms with van der Waals surface area (Å²) < 4.78 is 4.96. The number of hydrogen-bond donors (Lipinski definition) is 2. The maximum Gasteiger partial charge on any atom is 0.239 e. The Hall–Kier alpha value is -1.18. The monoisotopic (exact) mass is 270 g/mol. The van der Waals surface area contributed by atoms with Crippen LogP contribution in [0.2, 0.25) is 0 Å². The zero-order chi connectivity index (χ0) is 12.8. The van der Waals surface area contributed by atoms with Gasteiger partial charge in [-0.05, 0) is 0 Å². The summed E-state index contributed by atoms with van der Waals surface area (Å²) >= 11 is 1.63. The molecule has 1 amide bonds. The van der Waals surface area contributed by atoms with Gasteiger partial charge in [-0.15, -0.1) is 11.3 Å². The third-order valence-corrected chi connectivity index (χ3v) is 3.69. The maximum absolute atomic E-state index is 11.3. The van der Waals surface area contributed by atoms with Gasteiger partial charge >= 0.3 is 0 Å². The summed E-state index contributed by atoms with van der Waals surface area (Å²) in [4.78, 5) is 18.9. The van der Waals surface area contributed by atoms with Crippen molar-refractivity contribution in [2.45, 2.75) is 6.54 Å². The van der Waals surface area contributed by atoms with Gasteiger partial charge in [-0.1, -0.05) is 0 Å². The highest BCUT2D eigenvalue weighted by Gasteiger charge is 2.18. The first kappa shape index (κ1) is 13.3. The third kappa shape index (κ3) is 3.66. The minimum atomic E-state index is 0.0659. The normalized spacial score (nSPS) is 15.8. The molecule has 0 bridgehead atoms. The van der Waals surface area contributed by atoms with Crippen LogP contribution in [0.25, 0.3) is 0 Å². The van der Waals surface area contributed by atoms with E-state index in [0.717, 1.165) is 24.8 Å². The van der Waals surface area contributed by atoms with Crippen molar-refractivity contribution in [1.82, 2.24) is 15.6 Å². The summed E-state index contributed by atoms with van der Waals surface area (Å²) in [5.41, 5.74) is 0. The largest absolute Gasteiger partial charge is 0.383 e. The van der Waals surface area contributed by atoms with Crippen LogP contribution in [0, 0.1) is 0 Å². The minimum Gasteiger partial charge on any atom is -0.383 e. The summed E-state index contributed by atoms with van der Waals surface area (Å²) in [6.45, 7) is 4.26. The summed E-state index contributed by atoms with van der Waals surface area (Å²) in [6, 6.07) is 0. The maximum atomic E-state index is 11.3. The molecule has 0 radical (unpaired) electrons. The van der Waals surface area contributed by atoms with E-state index in [0.29, 0.717) is 19.7 Å². The summed E-state index contributed by atoms with van der Waals surface area (Å²) in [7, 11) is 1.69. The van der Waals surface area contributed by atoms with Gasteiger partial charge in [0.2, 0.25) is 5.91 Å². The van der Waals surface area contributed by atoms with Crippen LogP contribution in [0.15, 0.2) is 6.20 Å². The molecule has 1 aliphatic heterocycles. The first-order valence-electron chi connectivity index (χ1n) is 5.95. The topological polar surface area (TPSA) is 66.5 Å². The lowest BCUT2D eigenvalue weighted by atomic mass is 10.4. The van der Waals surface area contributed by atoms with Crippen molar-refractivity contribution < 1.29 is 9.53 Å². The Balaban J connectivity index is 1.83. The second kappa shape index (κ2) is 6.67. The predicted octanol–water partition coefficient (Wildman–Crippen LogP) is -0.185. The molecule has 0 aromatic carbocycles. The van der Waals surface area contributed by atoms with Crippen molar-refractivity contribution in [3.8, 4) is 0 Å². The number of piperazine rings is 1. The number of hydrogen-bond acceptors (Lipinski definition) is 6. The molecule has 100 valence electrons. The van der Waals surface area contributed by atoms with Crippen molar-refractivity contribution in [1.29, 1.82) is 0 Å². The van der Waals surface area contributed by atoms with Crippen LogP contribution in [0.3, 0.4) is 0 Å². The van der Waals surface area contributed by atoms with Gasteiger partial charge in [0.05, 0.1) is 13.2 Å². The van der Waals surface area contributed by atoms with Crippen LogP contribution in [-0.2, 0) is 16.1 Å². The molecule has 0 spiro atoms. The van der Waals surface area contributed by atoms with Crippen LogP contribution >= 0.6 is 11.3 Å². The van der Waals surface area contributed by atoms with E-state index in [1.165, 1.54) is 4.88 Å². The zero-order valence-corrected chi connectivity index (χ0v) is 11.3. The average Bonchev–Trinajstić information content (AvgIpc) is 2.83. The number of aromatic nitrogens is 1. The van der Waals surface area contributed by atoms with Crippen molar-refractivity contribution in [3.05, 3.63) is 11.1 Å². The van der Waals surface area contributed by atoms with E-state index < -0.39 is 0 Å². The molecule has 2 N–H and O–H groups in total. The number of methoxy groups -OCH3 is 1. The molecular weight excluding hydrogens is 252 g/mol. The quantitative estimate of drug-likeness (QED) is 0.702. The predicted molar refractivity (Wildman–Crippen MR) is 70.9 cm³/mol. The lowest BCUT2D eigenvalue weighted by molar-refractivity contribution is -0.120. The van der Waals surface area contributed by atoms with Crippen LogP contribution < -0.4 is 15.5 Å². The van der Waals surface area contributed by atoms with Gasteiger partial charge in [-0.2, -0.15) is 0 Å². The number of ether oxygens (including phenoxy) is 1. The molecule has 2 rings (SSSR count). The van der Waals surface area contributed by atoms with Crippen molar-refractivity contribution in [2.75, 3.05) is 44.8 Å².